The highest BCUT2D eigenvalue weighted by Gasteiger charge is 2.29. The van der Waals surface area contributed by atoms with Gasteiger partial charge >= 0.3 is 0 Å². The summed E-state index contributed by atoms with van der Waals surface area (Å²) in [6.45, 7) is 2.01. The fourth-order valence-corrected chi connectivity index (χ4v) is 1.97. The van der Waals surface area contributed by atoms with Crippen molar-refractivity contribution in [1.29, 1.82) is 0 Å². The molecule has 0 amide bonds. The minimum Gasteiger partial charge on any atom is -0.233 e. The maximum Gasteiger partial charge on any atom is 0.232 e. The molecule has 17 heavy (non-hydrogen) atoms. The van der Waals surface area contributed by atoms with Gasteiger partial charge in [0.25, 0.3) is 0 Å². The highest BCUT2D eigenvalue weighted by Crippen LogP contribution is 2.39. The molecule has 0 radical (unpaired) electrons. The third-order valence-corrected chi connectivity index (χ3v) is 2.99. The zero-order valence-corrected chi connectivity index (χ0v) is 11.5. The Morgan fingerprint density at radius 2 is 1.82 bits per heavy atom. The number of halogens is 3. The van der Waals surface area contributed by atoms with Gasteiger partial charge < -0.3 is 0 Å². The van der Waals surface area contributed by atoms with E-state index in [2.05, 4.69) is 5.10 Å². The minimum atomic E-state index is -1.48. The molecule has 0 fully saturated rings. The zero-order chi connectivity index (χ0) is 12.5. The number of benzene rings is 1. The van der Waals surface area contributed by atoms with Gasteiger partial charge in [0.15, 0.2) is 0 Å². The lowest BCUT2D eigenvalue weighted by molar-refractivity contribution is 0.799. The summed E-state index contributed by atoms with van der Waals surface area (Å²) in [7, 11) is 0. The summed E-state index contributed by atoms with van der Waals surface area (Å²) < 4.78 is 0.197. The summed E-state index contributed by atoms with van der Waals surface area (Å²) in [4.78, 5) is 0. The maximum absolute atomic E-state index is 5.95. The monoisotopic (exact) mass is 288 g/mol. The average Bonchev–Trinajstić information content (AvgIpc) is 2.74. The first-order valence-electron chi connectivity index (χ1n) is 5.24. The van der Waals surface area contributed by atoms with Crippen molar-refractivity contribution in [2.45, 2.75) is 17.1 Å². The molecular weight excluding hydrogens is 279 g/mol. The van der Waals surface area contributed by atoms with E-state index in [1.54, 1.807) is 4.68 Å². The number of hydrogen-bond donors (Lipinski definition) is 0. The van der Waals surface area contributed by atoms with Crippen LogP contribution in [-0.2, 0) is 10.2 Å². The molecule has 1 aromatic carbocycles. The van der Waals surface area contributed by atoms with Crippen LogP contribution in [0.4, 0.5) is 0 Å². The van der Waals surface area contributed by atoms with E-state index in [0.717, 1.165) is 17.8 Å². The summed E-state index contributed by atoms with van der Waals surface area (Å²) in [6, 6.07) is 11.4. The lowest BCUT2D eigenvalue weighted by Crippen LogP contribution is -2.10. The molecule has 2 nitrogen and oxygen atoms in total. The number of aryl methyl sites for hydroxylation is 1. The summed E-state index contributed by atoms with van der Waals surface area (Å²) in [5, 5.41) is 4.43. The van der Waals surface area contributed by atoms with Crippen LogP contribution in [0.2, 0.25) is 0 Å². The molecule has 1 heterocycles. The van der Waals surface area contributed by atoms with E-state index in [1.807, 2.05) is 43.3 Å². The Hall–Kier alpha value is -0.700. The van der Waals surface area contributed by atoms with Crippen LogP contribution in [0.3, 0.4) is 0 Å². The van der Waals surface area contributed by atoms with Gasteiger partial charge in [-0.05, 0) is 24.6 Å². The van der Waals surface area contributed by atoms with Crippen LogP contribution in [0.1, 0.15) is 18.3 Å². The van der Waals surface area contributed by atoms with Gasteiger partial charge in [-0.3, -0.25) is 0 Å². The van der Waals surface area contributed by atoms with Crippen LogP contribution in [-0.4, -0.2) is 9.78 Å². The third kappa shape index (κ3) is 2.76. The quantitative estimate of drug-likeness (QED) is 0.755. The van der Waals surface area contributed by atoms with Gasteiger partial charge in [-0.25, -0.2) is 4.68 Å². The molecule has 0 aliphatic carbocycles. The SMILES string of the molecule is CCc1cc(C(Cl)(Cl)Cl)n(-c2ccccc2)n1. The smallest absolute Gasteiger partial charge is 0.232 e. The van der Waals surface area contributed by atoms with E-state index in [0.29, 0.717) is 5.69 Å². The number of para-hydroxylation sites is 1. The van der Waals surface area contributed by atoms with E-state index in [9.17, 15) is 0 Å². The molecular formula is C12H11Cl3N2. The summed E-state index contributed by atoms with van der Waals surface area (Å²) in [5.74, 6) is 0. The van der Waals surface area contributed by atoms with Gasteiger partial charge in [0.1, 0.15) is 0 Å². The number of alkyl halides is 3. The molecule has 0 aliphatic heterocycles. The summed E-state index contributed by atoms with van der Waals surface area (Å²) in [5.41, 5.74) is 2.34. The van der Waals surface area contributed by atoms with Gasteiger partial charge in [0.05, 0.1) is 17.1 Å². The molecule has 1 aromatic heterocycles. The van der Waals surface area contributed by atoms with E-state index in [-0.39, 0.29) is 0 Å². The normalized spacial score (nSPS) is 11.8. The van der Waals surface area contributed by atoms with Crippen LogP contribution in [0.5, 0.6) is 0 Å². The maximum atomic E-state index is 5.95. The molecule has 90 valence electrons. The van der Waals surface area contributed by atoms with Crippen molar-refractivity contribution >= 4 is 34.8 Å². The molecule has 0 unspecified atom stereocenters. The second-order valence-electron chi connectivity index (χ2n) is 3.62. The van der Waals surface area contributed by atoms with E-state index in [4.69, 9.17) is 34.8 Å². The molecule has 0 spiro atoms. The minimum absolute atomic E-state index is 0.561. The Labute approximate surface area is 115 Å². The van der Waals surface area contributed by atoms with Crippen molar-refractivity contribution in [3.63, 3.8) is 0 Å². The summed E-state index contributed by atoms with van der Waals surface area (Å²) in [6.07, 6.45) is 0.799. The lowest BCUT2D eigenvalue weighted by atomic mass is 10.3. The molecule has 0 N–H and O–H groups in total. The molecule has 0 aliphatic rings. The van der Waals surface area contributed by atoms with Crippen molar-refractivity contribution in [3.05, 3.63) is 47.8 Å². The first kappa shape index (κ1) is 12.7. The number of aromatic nitrogens is 2. The van der Waals surface area contributed by atoms with E-state index in [1.165, 1.54) is 0 Å². The molecule has 2 aromatic rings. The number of nitrogens with zero attached hydrogens (tertiary/aromatic N) is 2. The fourth-order valence-electron chi connectivity index (χ4n) is 1.57. The Morgan fingerprint density at radius 3 is 2.35 bits per heavy atom. The van der Waals surface area contributed by atoms with E-state index >= 15 is 0 Å². The van der Waals surface area contributed by atoms with Gasteiger partial charge in [0, 0.05) is 0 Å². The average molecular weight is 290 g/mol. The standard InChI is InChI=1S/C12H11Cl3N2/c1-2-9-8-11(12(13,14)15)17(16-9)10-6-4-3-5-7-10/h3-8H,2H2,1H3. The third-order valence-electron chi connectivity index (χ3n) is 2.41. The van der Waals surface area contributed by atoms with Crippen LogP contribution in [0.25, 0.3) is 5.69 Å². The Kier molecular flexibility index (Phi) is 3.67. The van der Waals surface area contributed by atoms with Crippen molar-refractivity contribution in [2.75, 3.05) is 0 Å². The number of rotatable bonds is 2. The van der Waals surface area contributed by atoms with Crippen LogP contribution in [0, 0.1) is 0 Å². The second kappa shape index (κ2) is 4.89. The van der Waals surface area contributed by atoms with E-state index < -0.39 is 3.79 Å². The van der Waals surface area contributed by atoms with Crippen LogP contribution < -0.4 is 0 Å². The predicted octanol–water partition coefficient (Wildman–Crippen LogP) is 4.26. The van der Waals surface area contributed by atoms with Crippen LogP contribution in [0.15, 0.2) is 36.4 Å². The van der Waals surface area contributed by atoms with Gasteiger partial charge in [-0.2, -0.15) is 5.10 Å². The number of hydrogen-bond acceptors (Lipinski definition) is 1. The fraction of sp³-hybridized carbons (Fsp3) is 0.250. The molecule has 0 saturated carbocycles. The Balaban J connectivity index is 2.57. The first-order valence-corrected chi connectivity index (χ1v) is 6.37. The molecule has 2 rings (SSSR count). The second-order valence-corrected chi connectivity index (χ2v) is 5.90. The van der Waals surface area contributed by atoms with Gasteiger partial charge in [-0.15, -0.1) is 0 Å². The highest BCUT2D eigenvalue weighted by atomic mass is 35.6. The van der Waals surface area contributed by atoms with Gasteiger partial charge in [0.2, 0.25) is 3.79 Å². The van der Waals surface area contributed by atoms with Gasteiger partial charge in [-0.1, -0.05) is 59.9 Å². The molecule has 0 saturated heterocycles. The Bertz CT molecular complexity index is 500. The van der Waals surface area contributed by atoms with Crippen molar-refractivity contribution in [3.8, 4) is 5.69 Å². The topological polar surface area (TPSA) is 17.8 Å². The lowest BCUT2D eigenvalue weighted by Gasteiger charge is -2.13. The Morgan fingerprint density at radius 1 is 1.18 bits per heavy atom. The van der Waals surface area contributed by atoms with Crippen molar-refractivity contribution in [2.24, 2.45) is 0 Å². The predicted molar refractivity (Wildman–Crippen MR) is 72.2 cm³/mol. The molecule has 0 bridgehead atoms. The van der Waals surface area contributed by atoms with Crippen molar-refractivity contribution in [1.82, 2.24) is 9.78 Å². The summed E-state index contributed by atoms with van der Waals surface area (Å²) >= 11 is 17.9. The first-order chi connectivity index (χ1) is 8.02. The molecule has 5 heteroatoms. The van der Waals surface area contributed by atoms with Crippen molar-refractivity contribution < 1.29 is 0 Å². The zero-order valence-electron chi connectivity index (χ0n) is 9.20. The van der Waals surface area contributed by atoms with Crippen LogP contribution >= 0.6 is 34.8 Å². The largest absolute Gasteiger partial charge is 0.233 e. The highest BCUT2D eigenvalue weighted by molar-refractivity contribution is 6.66. The molecule has 0 atom stereocenters.